The third-order valence-corrected chi connectivity index (χ3v) is 6.17. The van der Waals surface area contributed by atoms with Gasteiger partial charge in [-0.25, -0.2) is 9.13 Å². The van der Waals surface area contributed by atoms with Crippen molar-refractivity contribution in [3.63, 3.8) is 0 Å². The highest BCUT2D eigenvalue weighted by atomic mass is 35.5. The molecule has 0 N–H and O–H groups in total. The topological polar surface area (TPSA) is 98.8 Å². The van der Waals surface area contributed by atoms with E-state index in [0.29, 0.717) is 0 Å². The molecule has 0 aliphatic carbocycles. The fourth-order valence-corrected chi connectivity index (χ4v) is 4.79. The molecule has 4 atom stereocenters. The van der Waals surface area contributed by atoms with Crippen LogP contribution in [0.3, 0.4) is 0 Å². The van der Waals surface area contributed by atoms with E-state index in [9.17, 15) is 9.13 Å². The van der Waals surface area contributed by atoms with Crippen LogP contribution in [0, 0.1) is 0 Å². The molecule has 0 aliphatic heterocycles. The molecule has 15 heteroatoms. The molecule has 0 radical (unpaired) electrons. The lowest BCUT2D eigenvalue weighted by Gasteiger charge is -2.20. The molecule has 0 heterocycles. The highest BCUT2D eigenvalue weighted by Crippen LogP contribution is 2.50. The molecule has 0 rings (SSSR count). The average molecular weight is 572 g/mol. The standard InChI is InChI=1S/C16H32Cl4O9P2/c1-13(17)9-26-30(21,27-10-14(2)18)24-7-5-23-6-8-25-31(22,28-11-15(3)19)29-12-16(4)20/h13-16H,5-12H2,1-4H3. The van der Waals surface area contributed by atoms with Crippen molar-refractivity contribution in [2.24, 2.45) is 0 Å². The van der Waals surface area contributed by atoms with Crippen molar-refractivity contribution in [2.45, 2.75) is 49.2 Å². The van der Waals surface area contributed by atoms with E-state index in [1.165, 1.54) is 0 Å². The number of hydrogen-bond donors (Lipinski definition) is 0. The number of phosphoric ester groups is 2. The molecule has 0 amide bonds. The zero-order chi connectivity index (χ0) is 23.9. The van der Waals surface area contributed by atoms with E-state index in [0.717, 1.165) is 0 Å². The van der Waals surface area contributed by atoms with Gasteiger partial charge in [-0.15, -0.1) is 46.4 Å². The van der Waals surface area contributed by atoms with Crippen molar-refractivity contribution >= 4 is 62.0 Å². The molecule has 31 heavy (non-hydrogen) atoms. The highest BCUT2D eigenvalue weighted by molar-refractivity contribution is 7.48. The van der Waals surface area contributed by atoms with E-state index in [1.54, 1.807) is 27.7 Å². The van der Waals surface area contributed by atoms with Crippen LogP contribution < -0.4 is 0 Å². The fraction of sp³-hybridized carbons (Fsp3) is 1.00. The molecule has 9 nitrogen and oxygen atoms in total. The molecular formula is C16H32Cl4O9P2. The summed E-state index contributed by atoms with van der Waals surface area (Å²) in [7, 11) is -7.67. The predicted molar refractivity (Wildman–Crippen MR) is 123 cm³/mol. The van der Waals surface area contributed by atoms with Gasteiger partial charge in [-0.1, -0.05) is 0 Å². The first-order valence-electron chi connectivity index (χ1n) is 9.59. The monoisotopic (exact) mass is 570 g/mol. The maximum atomic E-state index is 12.5. The molecule has 0 spiro atoms. The third kappa shape index (κ3) is 19.3. The Morgan fingerprint density at radius 3 is 1.00 bits per heavy atom. The van der Waals surface area contributed by atoms with Crippen LogP contribution in [0.4, 0.5) is 0 Å². The maximum absolute atomic E-state index is 12.5. The van der Waals surface area contributed by atoms with E-state index >= 15 is 0 Å². The Bertz CT molecular complexity index is 475. The smallest absolute Gasteiger partial charge is 0.377 e. The molecule has 0 aliphatic rings. The Labute approximate surface area is 204 Å². The number of alkyl halides is 4. The largest absolute Gasteiger partial charge is 0.474 e. The van der Waals surface area contributed by atoms with Crippen molar-refractivity contribution in [1.29, 1.82) is 0 Å². The molecule has 0 aromatic carbocycles. The summed E-state index contributed by atoms with van der Waals surface area (Å²) >= 11 is 23.2. The summed E-state index contributed by atoms with van der Waals surface area (Å²) in [5, 5.41) is -1.53. The van der Waals surface area contributed by atoms with E-state index < -0.39 is 15.6 Å². The van der Waals surface area contributed by atoms with Crippen LogP contribution in [0.5, 0.6) is 0 Å². The molecule has 0 saturated heterocycles. The van der Waals surface area contributed by atoms with Gasteiger partial charge in [-0.05, 0) is 27.7 Å². The van der Waals surface area contributed by atoms with Crippen LogP contribution in [0.25, 0.3) is 0 Å². The lowest BCUT2D eigenvalue weighted by Crippen LogP contribution is -2.14. The summed E-state index contributed by atoms with van der Waals surface area (Å²) < 4.78 is 61.4. The second-order valence-electron chi connectivity index (χ2n) is 6.48. The molecule has 0 saturated carbocycles. The Morgan fingerprint density at radius 1 is 0.516 bits per heavy atom. The van der Waals surface area contributed by atoms with Crippen molar-refractivity contribution in [3.05, 3.63) is 0 Å². The van der Waals surface area contributed by atoms with Gasteiger partial charge < -0.3 is 4.74 Å². The zero-order valence-electron chi connectivity index (χ0n) is 18.0. The Hall–Kier alpha value is 1.34. The van der Waals surface area contributed by atoms with E-state index in [1.807, 2.05) is 0 Å². The van der Waals surface area contributed by atoms with Gasteiger partial charge in [0, 0.05) is 0 Å². The Kier molecular flexibility index (Phi) is 18.5. The van der Waals surface area contributed by atoms with Crippen molar-refractivity contribution in [2.75, 3.05) is 52.9 Å². The summed E-state index contributed by atoms with van der Waals surface area (Å²) in [4.78, 5) is 0. The van der Waals surface area contributed by atoms with Crippen LogP contribution in [0.1, 0.15) is 27.7 Å². The fourth-order valence-electron chi connectivity index (χ4n) is 1.52. The summed E-state index contributed by atoms with van der Waals surface area (Å²) in [5.74, 6) is 0. The van der Waals surface area contributed by atoms with Crippen molar-refractivity contribution < 1.29 is 41.0 Å². The van der Waals surface area contributed by atoms with Gasteiger partial charge in [0.05, 0.1) is 74.4 Å². The molecule has 0 bridgehead atoms. The first-order chi connectivity index (χ1) is 14.4. The quantitative estimate of drug-likeness (QED) is 0.101. The van der Waals surface area contributed by atoms with Crippen LogP contribution >= 0.6 is 62.0 Å². The van der Waals surface area contributed by atoms with Crippen molar-refractivity contribution in [1.82, 2.24) is 0 Å². The SMILES string of the molecule is CC(Cl)COP(=O)(OCCOCCOP(=O)(OCC(C)Cl)OCC(C)Cl)OCC(C)Cl. The number of ether oxygens (including phenoxy) is 1. The van der Waals surface area contributed by atoms with Crippen LogP contribution in [0.2, 0.25) is 0 Å². The summed E-state index contributed by atoms with van der Waals surface area (Å²) in [6, 6.07) is 0. The second-order valence-corrected chi connectivity index (χ2v) is 12.8. The maximum Gasteiger partial charge on any atom is 0.474 e. The highest BCUT2D eigenvalue weighted by Gasteiger charge is 2.29. The van der Waals surface area contributed by atoms with Gasteiger partial charge in [0.25, 0.3) is 0 Å². The average Bonchev–Trinajstić information content (AvgIpc) is 2.67. The Balaban J connectivity index is 4.33. The molecule has 188 valence electrons. The lowest BCUT2D eigenvalue weighted by molar-refractivity contribution is 0.0411. The van der Waals surface area contributed by atoms with Gasteiger partial charge >= 0.3 is 15.6 Å². The van der Waals surface area contributed by atoms with E-state index in [2.05, 4.69) is 0 Å². The van der Waals surface area contributed by atoms with Crippen LogP contribution in [-0.2, 0) is 41.0 Å². The third-order valence-electron chi connectivity index (χ3n) is 2.80. The van der Waals surface area contributed by atoms with Gasteiger partial charge in [0.1, 0.15) is 0 Å². The van der Waals surface area contributed by atoms with Gasteiger partial charge in [-0.3, -0.25) is 27.1 Å². The molecule has 0 aromatic rings. The summed E-state index contributed by atoms with van der Waals surface area (Å²) in [6.45, 7) is 6.48. The number of phosphoric acid groups is 2. The number of hydrogen-bond acceptors (Lipinski definition) is 9. The molecule has 0 aromatic heterocycles. The van der Waals surface area contributed by atoms with E-state index in [-0.39, 0.29) is 74.4 Å². The molecule has 4 unspecified atom stereocenters. The van der Waals surface area contributed by atoms with Crippen LogP contribution in [-0.4, -0.2) is 74.4 Å². The minimum absolute atomic E-state index is 0.0265. The van der Waals surface area contributed by atoms with E-state index in [4.69, 9.17) is 78.3 Å². The van der Waals surface area contributed by atoms with Gasteiger partial charge in [-0.2, -0.15) is 0 Å². The number of halogens is 4. The first kappa shape index (κ1) is 32.3. The second kappa shape index (κ2) is 17.7. The summed E-state index contributed by atoms with van der Waals surface area (Å²) in [6.07, 6.45) is 0. The zero-order valence-corrected chi connectivity index (χ0v) is 22.9. The normalized spacial score (nSPS) is 19.9. The van der Waals surface area contributed by atoms with Gasteiger partial charge in [0.2, 0.25) is 0 Å². The molecular weight excluding hydrogens is 540 g/mol. The minimum atomic E-state index is -3.84. The molecule has 0 fully saturated rings. The Morgan fingerprint density at radius 2 is 0.774 bits per heavy atom. The number of rotatable bonds is 20. The van der Waals surface area contributed by atoms with Gasteiger partial charge in [0.15, 0.2) is 0 Å². The van der Waals surface area contributed by atoms with Crippen LogP contribution in [0.15, 0.2) is 0 Å². The summed E-state index contributed by atoms with van der Waals surface area (Å²) in [5.41, 5.74) is 0. The van der Waals surface area contributed by atoms with Crippen molar-refractivity contribution in [3.8, 4) is 0 Å². The first-order valence-corrected chi connectivity index (χ1v) is 14.3. The lowest BCUT2D eigenvalue weighted by atomic mass is 10.5. The minimum Gasteiger partial charge on any atom is -0.377 e. The predicted octanol–water partition coefficient (Wildman–Crippen LogP) is 5.83.